The highest BCUT2D eigenvalue weighted by Gasteiger charge is 2.38. The molecule has 0 saturated heterocycles. The maximum atomic E-state index is 12.0. The smallest absolute Gasteiger partial charge is 0.480 e. The minimum atomic E-state index is -5.08. The molecule has 1 amide bonds. The normalized spacial score (nSPS) is 11.9. The van der Waals surface area contributed by atoms with Gasteiger partial charge in [0.2, 0.25) is 5.91 Å². The Hall–Kier alpha value is -3.48. The highest BCUT2D eigenvalue weighted by molar-refractivity contribution is 5.83. The van der Waals surface area contributed by atoms with Crippen LogP contribution in [-0.4, -0.2) is 56.8 Å². The number of unbranched alkanes of at least 4 members (excludes halogenated alkanes) is 1. The summed E-state index contributed by atoms with van der Waals surface area (Å²) >= 11 is 0. The van der Waals surface area contributed by atoms with Crippen LogP contribution in [0.15, 0.2) is 29.1 Å². The minimum Gasteiger partial charge on any atom is -0.480 e. The van der Waals surface area contributed by atoms with Crippen molar-refractivity contribution in [3.63, 3.8) is 0 Å². The third-order valence-electron chi connectivity index (χ3n) is 4.07. The van der Waals surface area contributed by atoms with Crippen LogP contribution in [0.2, 0.25) is 0 Å². The van der Waals surface area contributed by atoms with Crippen LogP contribution in [0.1, 0.15) is 31.5 Å². The van der Waals surface area contributed by atoms with Crippen LogP contribution in [0, 0.1) is 0 Å². The zero-order chi connectivity index (χ0) is 24.3. The molecule has 0 radical (unpaired) electrons. The van der Waals surface area contributed by atoms with Gasteiger partial charge in [0.25, 0.3) is 5.56 Å². The summed E-state index contributed by atoms with van der Waals surface area (Å²) < 4.78 is 31.7. The SMILES string of the molecule is NCCCC[C@H](NC(=O)CCc1nc2ccccc2c(=O)[nH]1)C(=O)O.O=C(O)C(F)(F)F. The molecule has 176 valence electrons. The number of hydrogen-bond acceptors (Lipinski definition) is 6. The van der Waals surface area contributed by atoms with Crippen LogP contribution in [0.25, 0.3) is 10.9 Å². The van der Waals surface area contributed by atoms with Crippen LogP contribution in [0.3, 0.4) is 0 Å². The predicted molar refractivity (Wildman–Crippen MR) is 107 cm³/mol. The number of fused-ring (bicyclic) bond motifs is 1. The van der Waals surface area contributed by atoms with Crippen molar-refractivity contribution < 1.29 is 37.8 Å². The lowest BCUT2D eigenvalue weighted by molar-refractivity contribution is -0.192. The van der Waals surface area contributed by atoms with Crippen molar-refractivity contribution >= 4 is 28.7 Å². The molecule has 0 aliphatic heterocycles. The molecule has 2 rings (SSSR count). The molecule has 1 heterocycles. The number of carboxylic acid groups (broad SMARTS) is 2. The second-order valence-corrected chi connectivity index (χ2v) is 6.58. The zero-order valence-electron chi connectivity index (χ0n) is 16.8. The number of carbonyl (C=O) groups is 3. The molecule has 1 aromatic heterocycles. The first kappa shape index (κ1) is 26.6. The number of aryl methyl sites for hydroxylation is 1. The molecule has 1 aromatic carbocycles. The lowest BCUT2D eigenvalue weighted by Gasteiger charge is -2.14. The molecule has 13 heteroatoms. The number of halogens is 3. The van der Waals surface area contributed by atoms with E-state index in [0.29, 0.717) is 42.5 Å². The van der Waals surface area contributed by atoms with Crippen LogP contribution >= 0.6 is 0 Å². The number of nitrogens with two attached hydrogens (primary N) is 1. The summed E-state index contributed by atoms with van der Waals surface area (Å²) in [5, 5.41) is 19.3. The number of nitrogens with one attached hydrogen (secondary N) is 2. The fourth-order valence-electron chi connectivity index (χ4n) is 2.50. The van der Waals surface area contributed by atoms with Crippen molar-refractivity contribution in [2.24, 2.45) is 5.73 Å². The number of H-pyrrole nitrogens is 1. The number of para-hydroxylation sites is 1. The van der Waals surface area contributed by atoms with Gasteiger partial charge in [-0.2, -0.15) is 13.2 Å². The van der Waals surface area contributed by atoms with Crippen molar-refractivity contribution in [3.05, 3.63) is 40.4 Å². The van der Waals surface area contributed by atoms with E-state index in [4.69, 9.17) is 20.7 Å². The lowest BCUT2D eigenvalue weighted by Crippen LogP contribution is -2.41. The molecule has 32 heavy (non-hydrogen) atoms. The van der Waals surface area contributed by atoms with Gasteiger partial charge in [0.15, 0.2) is 0 Å². The first-order valence-electron chi connectivity index (χ1n) is 9.46. The minimum absolute atomic E-state index is 0.0436. The van der Waals surface area contributed by atoms with Gasteiger partial charge in [-0.25, -0.2) is 14.6 Å². The van der Waals surface area contributed by atoms with E-state index in [9.17, 15) is 27.6 Å². The number of alkyl halides is 3. The van der Waals surface area contributed by atoms with E-state index in [1.807, 2.05) is 0 Å². The Morgan fingerprint density at radius 1 is 1.16 bits per heavy atom. The summed E-state index contributed by atoms with van der Waals surface area (Å²) in [5.74, 6) is -3.82. The number of hydrogen-bond donors (Lipinski definition) is 5. The molecule has 0 aliphatic rings. The number of aliphatic carboxylic acids is 2. The molecule has 0 spiro atoms. The zero-order valence-corrected chi connectivity index (χ0v) is 16.8. The molecule has 0 fully saturated rings. The van der Waals surface area contributed by atoms with Gasteiger partial charge < -0.3 is 26.2 Å². The third-order valence-corrected chi connectivity index (χ3v) is 4.07. The van der Waals surface area contributed by atoms with Crippen molar-refractivity contribution in [1.82, 2.24) is 15.3 Å². The summed E-state index contributed by atoms with van der Waals surface area (Å²) in [5.41, 5.74) is 5.69. The first-order chi connectivity index (χ1) is 15.0. The number of aromatic amines is 1. The van der Waals surface area contributed by atoms with E-state index < -0.39 is 30.1 Å². The van der Waals surface area contributed by atoms with Crippen LogP contribution in [-0.2, 0) is 20.8 Å². The van der Waals surface area contributed by atoms with Crippen LogP contribution < -0.4 is 16.6 Å². The molecule has 0 bridgehead atoms. The van der Waals surface area contributed by atoms with E-state index in [1.165, 1.54) is 0 Å². The molecule has 6 N–H and O–H groups in total. The standard InChI is InChI=1S/C17H22N4O4.C2HF3O2/c18-10-4-3-7-13(17(24)25)20-15(22)9-8-14-19-12-6-2-1-5-11(12)16(23)21-14;3-2(4,5)1(6)7/h1-2,5-6,13H,3-4,7-10,18H2,(H,20,22)(H,24,25)(H,19,21,23);(H,6,7)/t13-;/m0./s1. The molecule has 2 aromatic rings. The molecular formula is C19H23F3N4O6. The number of benzene rings is 1. The Kier molecular flexibility index (Phi) is 10.3. The summed E-state index contributed by atoms with van der Waals surface area (Å²) in [6.07, 6.45) is -3.14. The number of amides is 1. The van der Waals surface area contributed by atoms with Gasteiger partial charge in [-0.3, -0.25) is 9.59 Å². The first-order valence-corrected chi connectivity index (χ1v) is 9.46. The Morgan fingerprint density at radius 2 is 1.78 bits per heavy atom. The maximum Gasteiger partial charge on any atom is 0.490 e. The van der Waals surface area contributed by atoms with Crippen molar-refractivity contribution in [2.45, 2.75) is 44.3 Å². The van der Waals surface area contributed by atoms with E-state index >= 15 is 0 Å². The van der Waals surface area contributed by atoms with Gasteiger partial charge in [-0.1, -0.05) is 12.1 Å². The fourth-order valence-corrected chi connectivity index (χ4v) is 2.50. The van der Waals surface area contributed by atoms with E-state index in [0.717, 1.165) is 0 Å². The molecule has 1 atom stereocenters. The summed E-state index contributed by atoms with van der Waals surface area (Å²) in [7, 11) is 0. The number of carboxylic acids is 2. The van der Waals surface area contributed by atoms with Crippen molar-refractivity contribution in [2.75, 3.05) is 6.54 Å². The topological polar surface area (TPSA) is 175 Å². The lowest BCUT2D eigenvalue weighted by atomic mass is 10.1. The Morgan fingerprint density at radius 3 is 2.34 bits per heavy atom. The average Bonchev–Trinajstić information content (AvgIpc) is 2.71. The van der Waals surface area contributed by atoms with E-state index in [1.54, 1.807) is 24.3 Å². The van der Waals surface area contributed by atoms with Gasteiger partial charge in [0, 0.05) is 12.8 Å². The van der Waals surface area contributed by atoms with Crippen molar-refractivity contribution in [1.29, 1.82) is 0 Å². The summed E-state index contributed by atoms with van der Waals surface area (Å²) in [4.78, 5) is 51.0. The second-order valence-electron chi connectivity index (χ2n) is 6.58. The fraction of sp³-hybridized carbons (Fsp3) is 0.421. The third kappa shape index (κ3) is 9.12. The number of rotatable bonds is 9. The highest BCUT2D eigenvalue weighted by atomic mass is 19.4. The number of aromatic nitrogens is 2. The average molecular weight is 460 g/mol. The maximum absolute atomic E-state index is 12.0. The van der Waals surface area contributed by atoms with E-state index in [-0.39, 0.29) is 18.4 Å². The quantitative estimate of drug-likeness (QED) is 0.347. The van der Waals surface area contributed by atoms with Crippen LogP contribution in [0.5, 0.6) is 0 Å². The largest absolute Gasteiger partial charge is 0.490 e. The molecule has 10 nitrogen and oxygen atoms in total. The molecule has 0 saturated carbocycles. The van der Waals surface area contributed by atoms with Gasteiger partial charge >= 0.3 is 18.1 Å². The Balaban J connectivity index is 0.000000633. The summed E-state index contributed by atoms with van der Waals surface area (Å²) in [6, 6.07) is 6.01. The Bertz CT molecular complexity index is 993. The van der Waals surface area contributed by atoms with Gasteiger partial charge in [-0.05, 0) is 37.9 Å². The second kappa shape index (κ2) is 12.4. The van der Waals surface area contributed by atoms with Gasteiger partial charge in [0.1, 0.15) is 11.9 Å². The molecule has 0 unspecified atom stereocenters. The number of carbonyl (C=O) groups excluding carboxylic acids is 1. The van der Waals surface area contributed by atoms with Gasteiger partial charge in [-0.15, -0.1) is 0 Å². The van der Waals surface area contributed by atoms with Gasteiger partial charge in [0.05, 0.1) is 10.9 Å². The van der Waals surface area contributed by atoms with Crippen molar-refractivity contribution in [3.8, 4) is 0 Å². The Labute approximate surface area is 179 Å². The van der Waals surface area contributed by atoms with E-state index in [2.05, 4.69) is 15.3 Å². The van der Waals surface area contributed by atoms with Crippen LogP contribution in [0.4, 0.5) is 13.2 Å². The monoisotopic (exact) mass is 460 g/mol. The summed E-state index contributed by atoms with van der Waals surface area (Å²) in [6.45, 7) is 0.487. The molecular weight excluding hydrogens is 437 g/mol. The number of nitrogens with zero attached hydrogens (tertiary/aromatic N) is 1. The highest BCUT2D eigenvalue weighted by Crippen LogP contribution is 2.13. The predicted octanol–water partition coefficient (Wildman–Crippen LogP) is 1.19. The molecule has 0 aliphatic carbocycles.